The molecule has 1 N–H and O–H groups in total. The predicted molar refractivity (Wildman–Crippen MR) is 145 cm³/mol. The van der Waals surface area contributed by atoms with Crippen LogP contribution in [-0.4, -0.2) is 37.7 Å². The van der Waals surface area contributed by atoms with E-state index in [4.69, 9.17) is 9.47 Å². The maximum atomic E-state index is 14.0. The van der Waals surface area contributed by atoms with Crippen molar-refractivity contribution in [3.05, 3.63) is 59.4 Å². The number of unbranched alkanes of at least 4 members (excludes halogenated alkanes) is 2. The zero-order chi connectivity index (χ0) is 23.0. The highest BCUT2D eigenvalue weighted by Crippen LogP contribution is 2.32. The lowest BCUT2D eigenvalue weighted by atomic mass is 10.1. The number of nitrogens with one attached hydrogen (secondary N) is 1. The topological polar surface area (TPSA) is 33.7 Å². The number of rotatable bonds is 17. The van der Waals surface area contributed by atoms with Crippen LogP contribution in [0.1, 0.15) is 64.0 Å². The Bertz CT molecular complexity index is 772. The van der Waals surface area contributed by atoms with E-state index >= 15 is 0 Å². The van der Waals surface area contributed by atoms with Gasteiger partial charge in [-0.3, -0.25) is 0 Å². The van der Waals surface area contributed by atoms with Gasteiger partial charge in [-0.15, -0.1) is 24.8 Å². The molecule has 2 aromatic rings. The van der Waals surface area contributed by atoms with E-state index in [-0.39, 0.29) is 37.2 Å². The molecule has 0 bridgehead atoms. The lowest BCUT2D eigenvalue weighted by Gasteiger charge is -2.22. The van der Waals surface area contributed by atoms with Gasteiger partial charge in [-0.05, 0) is 64.5 Å². The van der Waals surface area contributed by atoms with E-state index in [0.717, 1.165) is 25.1 Å². The molecule has 2 rings (SSSR count). The molecule has 0 aliphatic heterocycles. The van der Waals surface area contributed by atoms with Crippen molar-refractivity contribution < 1.29 is 13.9 Å². The van der Waals surface area contributed by atoms with Crippen molar-refractivity contribution in [3.63, 3.8) is 0 Å². The van der Waals surface area contributed by atoms with Crippen molar-refractivity contribution in [1.82, 2.24) is 10.2 Å². The van der Waals surface area contributed by atoms with Gasteiger partial charge >= 0.3 is 0 Å². The number of hydrogen-bond acceptors (Lipinski definition) is 4. The van der Waals surface area contributed by atoms with E-state index in [1.54, 1.807) is 12.1 Å². The summed E-state index contributed by atoms with van der Waals surface area (Å²) in [5.41, 5.74) is 1.57. The molecule has 0 heterocycles. The average molecular weight is 518 g/mol. The molecule has 0 aliphatic carbocycles. The van der Waals surface area contributed by atoms with E-state index < -0.39 is 0 Å². The Morgan fingerprint density at radius 3 is 2.09 bits per heavy atom. The smallest absolute Gasteiger partial charge is 0.166 e. The molecule has 0 unspecified atom stereocenters. The van der Waals surface area contributed by atoms with Crippen LogP contribution in [0.4, 0.5) is 4.39 Å². The lowest BCUT2D eigenvalue weighted by Crippen LogP contribution is -2.29. The molecule has 0 aliphatic rings. The van der Waals surface area contributed by atoms with Crippen LogP contribution in [0.2, 0.25) is 0 Å². The number of ether oxygens (including phenoxy) is 2. The maximum absolute atomic E-state index is 14.0. The fourth-order valence-electron chi connectivity index (χ4n) is 3.65. The Kier molecular flexibility index (Phi) is 18.9. The van der Waals surface area contributed by atoms with Crippen LogP contribution < -0.4 is 14.8 Å². The number of halogens is 3. The van der Waals surface area contributed by atoms with Crippen molar-refractivity contribution in [3.8, 4) is 11.5 Å². The Hall–Kier alpha value is -1.53. The van der Waals surface area contributed by atoms with Gasteiger partial charge in [-0.25, -0.2) is 4.39 Å². The van der Waals surface area contributed by atoms with Crippen molar-refractivity contribution >= 4 is 24.8 Å². The second-order valence-electron chi connectivity index (χ2n) is 8.14. The van der Waals surface area contributed by atoms with E-state index in [1.165, 1.54) is 44.8 Å². The SMILES string of the molecule is CCCCN(CCCC)CCCNCc1cccc(OCC)c1OCc1ccccc1F.Cl.Cl. The molecule has 0 saturated carbocycles. The first-order chi connectivity index (χ1) is 15.7. The van der Waals surface area contributed by atoms with Crippen LogP contribution >= 0.6 is 24.8 Å². The number of para-hydroxylation sites is 1. The van der Waals surface area contributed by atoms with Crippen molar-refractivity contribution in [2.45, 2.75) is 66.0 Å². The van der Waals surface area contributed by atoms with Gasteiger partial charge in [0.2, 0.25) is 0 Å². The van der Waals surface area contributed by atoms with Gasteiger partial charge in [0.1, 0.15) is 12.4 Å². The third kappa shape index (κ3) is 11.7. The fourth-order valence-corrected chi connectivity index (χ4v) is 3.65. The summed E-state index contributed by atoms with van der Waals surface area (Å²) in [5.74, 6) is 1.14. The number of nitrogens with zero attached hydrogens (tertiary/aromatic N) is 1. The van der Waals surface area contributed by atoms with Crippen LogP contribution in [0.3, 0.4) is 0 Å². The first kappa shape index (κ1) is 32.5. The quantitative estimate of drug-likeness (QED) is 0.229. The van der Waals surface area contributed by atoms with Crippen LogP contribution in [0.25, 0.3) is 0 Å². The molecule has 0 radical (unpaired) electrons. The van der Waals surface area contributed by atoms with Crippen LogP contribution in [0.5, 0.6) is 11.5 Å². The predicted octanol–water partition coefficient (Wildman–Crippen LogP) is 7.03. The molecule has 0 aromatic heterocycles. The lowest BCUT2D eigenvalue weighted by molar-refractivity contribution is 0.258. The molecular weight excluding hydrogens is 474 g/mol. The first-order valence-electron chi connectivity index (χ1n) is 12.2. The molecule has 0 spiro atoms. The summed E-state index contributed by atoms with van der Waals surface area (Å²) in [6.45, 7) is 12.3. The monoisotopic (exact) mass is 516 g/mol. The van der Waals surface area contributed by atoms with Gasteiger partial charge in [0, 0.05) is 17.7 Å². The van der Waals surface area contributed by atoms with E-state index in [0.29, 0.717) is 30.2 Å². The minimum absolute atomic E-state index is 0. The van der Waals surface area contributed by atoms with Gasteiger partial charge in [0.05, 0.1) is 6.61 Å². The van der Waals surface area contributed by atoms with Gasteiger partial charge in [-0.2, -0.15) is 0 Å². The highest BCUT2D eigenvalue weighted by Gasteiger charge is 2.13. The summed E-state index contributed by atoms with van der Waals surface area (Å²) < 4.78 is 25.9. The largest absolute Gasteiger partial charge is 0.490 e. The van der Waals surface area contributed by atoms with E-state index in [1.807, 2.05) is 31.2 Å². The molecule has 0 saturated heterocycles. The molecular formula is C27H43Cl2FN2O2. The molecule has 194 valence electrons. The van der Waals surface area contributed by atoms with Crippen molar-refractivity contribution in [2.75, 3.05) is 32.8 Å². The molecule has 2 aromatic carbocycles. The molecule has 7 heteroatoms. The second-order valence-corrected chi connectivity index (χ2v) is 8.14. The van der Waals surface area contributed by atoms with Crippen LogP contribution in [0, 0.1) is 5.82 Å². The molecule has 0 atom stereocenters. The Balaban J connectivity index is 0.00000544. The number of benzene rings is 2. The van der Waals surface area contributed by atoms with E-state index in [2.05, 4.69) is 24.1 Å². The Labute approximate surface area is 218 Å². The zero-order valence-electron chi connectivity index (χ0n) is 21.0. The average Bonchev–Trinajstić information content (AvgIpc) is 2.80. The fraction of sp³-hybridized carbons (Fsp3) is 0.556. The third-order valence-electron chi connectivity index (χ3n) is 5.49. The first-order valence-corrected chi connectivity index (χ1v) is 12.2. The molecule has 0 fully saturated rings. The summed E-state index contributed by atoms with van der Waals surface area (Å²) in [6, 6.07) is 12.6. The number of hydrogen-bond donors (Lipinski definition) is 1. The minimum Gasteiger partial charge on any atom is -0.490 e. The third-order valence-corrected chi connectivity index (χ3v) is 5.49. The summed E-state index contributed by atoms with van der Waals surface area (Å²) in [5, 5.41) is 3.55. The van der Waals surface area contributed by atoms with Crippen molar-refractivity contribution in [2.24, 2.45) is 0 Å². The normalized spacial score (nSPS) is 10.5. The summed E-state index contributed by atoms with van der Waals surface area (Å²) in [7, 11) is 0. The summed E-state index contributed by atoms with van der Waals surface area (Å²) in [6.07, 6.45) is 6.14. The highest BCUT2D eigenvalue weighted by atomic mass is 35.5. The summed E-state index contributed by atoms with van der Waals surface area (Å²) in [4.78, 5) is 2.59. The molecule has 0 amide bonds. The Morgan fingerprint density at radius 1 is 0.794 bits per heavy atom. The van der Waals surface area contributed by atoms with E-state index in [9.17, 15) is 4.39 Å². The Morgan fingerprint density at radius 2 is 1.44 bits per heavy atom. The van der Waals surface area contributed by atoms with Crippen LogP contribution in [-0.2, 0) is 13.2 Å². The van der Waals surface area contributed by atoms with Gasteiger partial charge in [-0.1, -0.05) is 57.0 Å². The van der Waals surface area contributed by atoms with Gasteiger partial charge in [0.15, 0.2) is 11.5 Å². The zero-order valence-corrected chi connectivity index (χ0v) is 22.6. The second kappa shape index (κ2) is 19.7. The van der Waals surface area contributed by atoms with Crippen LogP contribution in [0.15, 0.2) is 42.5 Å². The van der Waals surface area contributed by atoms with Gasteiger partial charge in [0.25, 0.3) is 0 Å². The standard InChI is InChI=1S/C27H41FN2O2.2ClH/c1-4-7-18-30(19-8-5-2)20-12-17-29-21-23-14-11-16-26(31-6-3)27(23)32-22-24-13-9-10-15-25(24)28;;/h9-11,13-16,29H,4-8,12,17-22H2,1-3H3;2*1H. The van der Waals surface area contributed by atoms with Crippen molar-refractivity contribution in [1.29, 1.82) is 0 Å². The molecule has 34 heavy (non-hydrogen) atoms. The minimum atomic E-state index is -0.253. The van der Waals surface area contributed by atoms with Gasteiger partial charge < -0.3 is 19.7 Å². The molecule has 4 nitrogen and oxygen atoms in total. The highest BCUT2D eigenvalue weighted by molar-refractivity contribution is 5.85. The maximum Gasteiger partial charge on any atom is 0.166 e. The summed E-state index contributed by atoms with van der Waals surface area (Å²) >= 11 is 0.